The molecule has 1 rings (SSSR count). The molecule has 1 aromatic rings. The Labute approximate surface area is 111 Å². The summed E-state index contributed by atoms with van der Waals surface area (Å²) >= 11 is 0. The van der Waals surface area contributed by atoms with Gasteiger partial charge in [0.05, 0.1) is 0 Å². The molecule has 3 nitrogen and oxygen atoms in total. The Bertz CT molecular complexity index is 397. The van der Waals surface area contributed by atoms with Gasteiger partial charge in [-0.15, -0.1) is 6.58 Å². The van der Waals surface area contributed by atoms with Gasteiger partial charge in [-0.1, -0.05) is 19.9 Å². The molecule has 0 spiro atoms. The first-order chi connectivity index (χ1) is 8.49. The molecule has 2 N–H and O–H groups in total. The van der Waals surface area contributed by atoms with E-state index >= 15 is 0 Å². The fourth-order valence-corrected chi connectivity index (χ4v) is 1.86. The van der Waals surface area contributed by atoms with Crippen molar-refractivity contribution in [3.63, 3.8) is 0 Å². The van der Waals surface area contributed by atoms with Crippen LogP contribution in [-0.2, 0) is 6.54 Å². The second-order valence-electron chi connectivity index (χ2n) is 5.15. The smallest absolute Gasteiger partial charge is 0.129 e. The summed E-state index contributed by atoms with van der Waals surface area (Å²) in [5, 5.41) is 0. The highest BCUT2D eigenvalue weighted by atomic mass is 15.2. The molecule has 0 aliphatic heterocycles. The topological polar surface area (TPSA) is 42.1 Å². The lowest BCUT2D eigenvalue weighted by Crippen LogP contribution is -2.32. The van der Waals surface area contributed by atoms with Gasteiger partial charge < -0.3 is 10.6 Å². The third kappa shape index (κ3) is 3.57. The lowest BCUT2D eigenvalue weighted by atomic mass is 10.1. The Morgan fingerprint density at radius 1 is 1.33 bits per heavy atom. The van der Waals surface area contributed by atoms with Crippen molar-refractivity contribution in [3.05, 3.63) is 36.0 Å². The predicted octanol–water partition coefficient (Wildman–Crippen LogP) is 3.06. The monoisotopic (exact) mass is 247 g/mol. The van der Waals surface area contributed by atoms with E-state index in [1.165, 1.54) is 0 Å². The van der Waals surface area contributed by atoms with Crippen LogP contribution in [0.5, 0.6) is 0 Å². The Morgan fingerprint density at radius 2 is 2.00 bits per heavy atom. The molecular formula is C15H25N3. The third-order valence-electron chi connectivity index (χ3n) is 2.96. The van der Waals surface area contributed by atoms with E-state index < -0.39 is 0 Å². The van der Waals surface area contributed by atoms with E-state index in [-0.39, 0.29) is 0 Å². The Morgan fingerprint density at radius 3 is 2.44 bits per heavy atom. The van der Waals surface area contributed by atoms with Crippen LogP contribution in [0.1, 0.15) is 44.9 Å². The molecule has 0 unspecified atom stereocenters. The van der Waals surface area contributed by atoms with Crippen molar-refractivity contribution in [2.45, 2.75) is 46.2 Å². The van der Waals surface area contributed by atoms with Crippen LogP contribution < -0.4 is 10.6 Å². The van der Waals surface area contributed by atoms with Crippen LogP contribution in [0.2, 0.25) is 0 Å². The summed E-state index contributed by atoms with van der Waals surface area (Å²) in [5.74, 6) is 1.41. The van der Waals surface area contributed by atoms with Gasteiger partial charge in [0.25, 0.3) is 0 Å². The van der Waals surface area contributed by atoms with Gasteiger partial charge in [0.2, 0.25) is 0 Å². The molecule has 0 radical (unpaired) electrons. The normalized spacial score (nSPS) is 11.1. The lowest BCUT2D eigenvalue weighted by Gasteiger charge is -2.27. The maximum Gasteiger partial charge on any atom is 0.129 e. The fraction of sp³-hybridized carbons (Fsp3) is 0.533. The Balaban J connectivity index is 3.19. The average molecular weight is 247 g/mol. The average Bonchev–Trinajstić information content (AvgIpc) is 2.34. The van der Waals surface area contributed by atoms with E-state index in [1.807, 2.05) is 6.08 Å². The molecule has 1 heterocycles. The van der Waals surface area contributed by atoms with Crippen molar-refractivity contribution in [1.29, 1.82) is 0 Å². The zero-order valence-electron chi connectivity index (χ0n) is 12.0. The standard InChI is InChI=1S/C15H25N3/c1-6-7-18(12(4)5)15-9-13(10-16)8-14(17-15)11(2)3/h6,8-9,11-12H,1,7,10,16H2,2-5H3. The molecule has 0 saturated carbocycles. The van der Waals surface area contributed by atoms with Gasteiger partial charge in [-0.25, -0.2) is 4.98 Å². The molecule has 0 aliphatic rings. The number of anilines is 1. The summed E-state index contributed by atoms with van der Waals surface area (Å²) < 4.78 is 0. The molecule has 0 saturated heterocycles. The van der Waals surface area contributed by atoms with Gasteiger partial charge in [-0.05, 0) is 37.5 Å². The molecule has 0 fully saturated rings. The van der Waals surface area contributed by atoms with Gasteiger partial charge >= 0.3 is 0 Å². The zero-order valence-corrected chi connectivity index (χ0v) is 12.0. The number of nitrogens with two attached hydrogens (primary N) is 1. The minimum atomic E-state index is 0.392. The second kappa shape index (κ2) is 6.55. The first-order valence-electron chi connectivity index (χ1n) is 6.58. The molecule has 18 heavy (non-hydrogen) atoms. The maximum absolute atomic E-state index is 5.77. The Kier molecular flexibility index (Phi) is 5.35. The lowest BCUT2D eigenvalue weighted by molar-refractivity contribution is 0.703. The van der Waals surface area contributed by atoms with Crippen LogP contribution in [0.25, 0.3) is 0 Å². The largest absolute Gasteiger partial charge is 0.350 e. The molecule has 0 aromatic carbocycles. The highest BCUT2D eigenvalue weighted by Gasteiger charge is 2.13. The minimum Gasteiger partial charge on any atom is -0.350 e. The molecule has 100 valence electrons. The summed E-state index contributed by atoms with van der Waals surface area (Å²) in [6.45, 7) is 13.8. The molecule has 1 aromatic heterocycles. The van der Waals surface area contributed by atoms with Gasteiger partial charge in [0, 0.05) is 24.8 Å². The molecule has 0 amide bonds. The summed E-state index contributed by atoms with van der Waals surface area (Å²) in [7, 11) is 0. The third-order valence-corrected chi connectivity index (χ3v) is 2.96. The molecule has 3 heteroatoms. The highest BCUT2D eigenvalue weighted by molar-refractivity contribution is 5.44. The van der Waals surface area contributed by atoms with Crippen LogP contribution >= 0.6 is 0 Å². The molecule has 0 atom stereocenters. The van der Waals surface area contributed by atoms with E-state index in [2.05, 4.69) is 51.3 Å². The van der Waals surface area contributed by atoms with E-state index in [0.717, 1.165) is 23.6 Å². The van der Waals surface area contributed by atoms with Crippen LogP contribution in [0.15, 0.2) is 24.8 Å². The van der Waals surface area contributed by atoms with E-state index in [9.17, 15) is 0 Å². The van der Waals surface area contributed by atoms with Gasteiger partial charge in [0.15, 0.2) is 0 Å². The van der Waals surface area contributed by atoms with Gasteiger partial charge in [-0.3, -0.25) is 0 Å². The van der Waals surface area contributed by atoms with Crippen molar-refractivity contribution in [2.24, 2.45) is 5.73 Å². The highest BCUT2D eigenvalue weighted by Crippen LogP contribution is 2.21. The summed E-state index contributed by atoms with van der Waals surface area (Å²) in [4.78, 5) is 6.98. The van der Waals surface area contributed by atoms with Crippen LogP contribution in [0.4, 0.5) is 5.82 Å². The maximum atomic E-state index is 5.77. The quantitative estimate of drug-likeness (QED) is 0.786. The second-order valence-corrected chi connectivity index (χ2v) is 5.15. The number of nitrogens with zero attached hydrogens (tertiary/aromatic N) is 2. The molecular weight excluding hydrogens is 222 g/mol. The fourth-order valence-electron chi connectivity index (χ4n) is 1.86. The van der Waals surface area contributed by atoms with Crippen LogP contribution in [-0.4, -0.2) is 17.6 Å². The SMILES string of the molecule is C=CCN(c1cc(CN)cc(C(C)C)n1)C(C)C. The van der Waals surface area contributed by atoms with Gasteiger partial charge in [0.1, 0.15) is 5.82 Å². The summed E-state index contributed by atoms with van der Waals surface area (Å²) in [6.07, 6.45) is 1.91. The number of rotatable bonds is 6. The minimum absolute atomic E-state index is 0.392. The van der Waals surface area contributed by atoms with Crippen molar-refractivity contribution in [2.75, 3.05) is 11.4 Å². The van der Waals surface area contributed by atoms with Crippen LogP contribution in [0.3, 0.4) is 0 Å². The molecule has 0 aliphatic carbocycles. The number of hydrogen-bond donors (Lipinski definition) is 1. The summed E-state index contributed by atoms with van der Waals surface area (Å²) in [5.41, 5.74) is 8.01. The van der Waals surface area contributed by atoms with E-state index in [1.54, 1.807) is 0 Å². The van der Waals surface area contributed by atoms with Crippen molar-refractivity contribution in [1.82, 2.24) is 4.98 Å². The van der Waals surface area contributed by atoms with Crippen molar-refractivity contribution >= 4 is 5.82 Å². The zero-order chi connectivity index (χ0) is 13.7. The van der Waals surface area contributed by atoms with E-state index in [4.69, 9.17) is 10.7 Å². The first-order valence-corrected chi connectivity index (χ1v) is 6.58. The van der Waals surface area contributed by atoms with Crippen molar-refractivity contribution in [3.8, 4) is 0 Å². The molecule has 0 bridgehead atoms. The predicted molar refractivity (Wildman–Crippen MR) is 78.9 cm³/mol. The van der Waals surface area contributed by atoms with Crippen molar-refractivity contribution < 1.29 is 0 Å². The van der Waals surface area contributed by atoms with Crippen LogP contribution in [0, 0.1) is 0 Å². The van der Waals surface area contributed by atoms with E-state index in [0.29, 0.717) is 18.5 Å². The number of hydrogen-bond acceptors (Lipinski definition) is 3. The summed E-state index contributed by atoms with van der Waals surface area (Å²) in [6, 6.07) is 4.57. The number of aromatic nitrogens is 1. The first kappa shape index (κ1) is 14.7. The Hall–Kier alpha value is -1.35. The van der Waals surface area contributed by atoms with Gasteiger partial charge in [-0.2, -0.15) is 0 Å². The number of pyridine rings is 1.